The largest absolute Gasteiger partial charge is 0.493 e. The van der Waals surface area contributed by atoms with E-state index in [0.29, 0.717) is 18.9 Å². The van der Waals surface area contributed by atoms with Crippen LogP contribution in [0.15, 0.2) is 101 Å². The van der Waals surface area contributed by atoms with Crippen molar-refractivity contribution in [2.75, 3.05) is 6.61 Å². The first kappa shape index (κ1) is 21.9. The van der Waals surface area contributed by atoms with E-state index in [-0.39, 0.29) is 0 Å². The summed E-state index contributed by atoms with van der Waals surface area (Å²) in [6.45, 7) is 4.11. The van der Waals surface area contributed by atoms with Gasteiger partial charge in [-0.1, -0.05) is 72.8 Å². The average molecular weight is 449 g/mol. The number of aryl methyl sites for hydroxylation is 1. The smallest absolute Gasteiger partial charge is 0.226 e. The van der Waals surface area contributed by atoms with Gasteiger partial charge >= 0.3 is 0 Å². The van der Waals surface area contributed by atoms with Gasteiger partial charge in [0.15, 0.2) is 0 Å². The number of rotatable bonds is 9. The molecule has 0 aliphatic rings. The van der Waals surface area contributed by atoms with Crippen LogP contribution < -0.4 is 10.1 Å². The highest BCUT2D eigenvalue weighted by Gasteiger charge is 2.11. The number of nitrogens with one attached hydrogen (secondary N) is 1. The summed E-state index contributed by atoms with van der Waals surface area (Å²) < 4.78 is 11.9. The molecule has 5 aromatic rings. The lowest BCUT2D eigenvalue weighted by Gasteiger charge is -2.10. The van der Waals surface area contributed by atoms with E-state index in [9.17, 15) is 0 Å². The number of oxazole rings is 1. The van der Waals surface area contributed by atoms with Crippen molar-refractivity contribution in [3.63, 3.8) is 0 Å². The predicted octanol–water partition coefficient (Wildman–Crippen LogP) is 6.71. The van der Waals surface area contributed by atoms with Gasteiger partial charge in [-0.15, -0.1) is 0 Å². The van der Waals surface area contributed by atoms with Gasteiger partial charge in [-0.3, -0.25) is 0 Å². The molecule has 1 N–H and O–H groups in total. The molecule has 0 radical (unpaired) electrons. The zero-order valence-corrected chi connectivity index (χ0v) is 19.3. The van der Waals surface area contributed by atoms with E-state index in [0.717, 1.165) is 35.9 Å². The summed E-state index contributed by atoms with van der Waals surface area (Å²) in [4.78, 5) is 4.66. The minimum atomic E-state index is 0.550. The van der Waals surface area contributed by atoms with Crippen molar-refractivity contribution in [2.24, 2.45) is 0 Å². The summed E-state index contributed by atoms with van der Waals surface area (Å²) >= 11 is 0. The molecule has 1 aromatic heterocycles. The van der Waals surface area contributed by atoms with Crippen LogP contribution in [0.3, 0.4) is 0 Å². The minimum Gasteiger partial charge on any atom is -0.493 e. The Balaban J connectivity index is 1.15. The molecule has 4 nitrogen and oxygen atoms in total. The number of nitrogens with zero attached hydrogens (tertiary/aromatic N) is 1. The maximum absolute atomic E-state index is 6.03. The SMILES string of the molecule is Cc1oc(-c2ccccc2)nc1CCOc1cccc(CNCc2cccc3ccccc23)c1. The Kier molecular flexibility index (Phi) is 6.68. The molecule has 4 aromatic carbocycles. The molecule has 0 fully saturated rings. The zero-order valence-electron chi connectivity index (χ0n) is 19.3. The lowest BCUT2D eigenvalue weighted by molar-refractivity contribution is 0.319. The first-order valence-electron chi connectivity index (χ1n) is 11.7. The first-order chi connectivity index (χ1) is 16.8. The molecule has 0 bridgehead atoms. The molecule has 34 heavy (non-hydrogen) atoms. The zero-order chi connectivity index (χ0) is 23.2. The molecule has 0 aliphatic heterocycles. The van der Waals surface area contributed by atoms with Gasteiger partial charge in [0, 0.05) is 25.1 Å². The van der Waals surface area contributed by atoms with Crippen LogP contribution in [0.4, 0.5) is 0 Å². The topological polar surface area (TPSA) is 47.3 Å². The van der Waals surface area contributed by atoms with Gasteiger partial charge < -0.3 is 14.5 Å². The summed E-state index contributed by atoms with van der Waals surface area (Å²) in [5, 5.41) is 6.14. The van der Waals surface area contributed by atoms with Gasteiger partial charge in [-0.25, -0.2) is 4.98 Å². The second kappa shape index (κ2) is 10.4. The Labute approximate surface area is 200 Å². The Hall–Kier alpha value is -3.89. The van der Waals surface area contributed by atoms with Crippen molar-refractivity contribution >= 4 is 10.8 Å². The third-order valence-corrected chi connectivity index (χ3v) is 5.94. The number of ether oxygens (including phenoxy) is 1. The quantitative estimate of drug-likeness (QED) is 0.272. The molecule has 0 unspecified atom stereocenters. The van der Waals surface area contributed by atoms with Crippen LogP contribution in [0, 0.1) is 6.92 Å². The highest BCUT2D eigenvalue weighted by Crippen LogP contribution is 2.22. The molecule has 0 spiro atoms. The summed E-state index contributed by atoms with van der Waals surface area (Å²) in [6.07, 6.45) is 0.700. The van der Waals surface area contributed by atoms with Crippen molar-refractivity contribution in [1.29, 1.82) is 0 Å². The van der Waals surface area contributed by atoms with Crippen molar-refractivity contribution in [2.45, 2.75) is 26.4 Å². The third-order valence-electron chi connectivity index (χ3n) is 5.94. The molecular weight excluding hydrogens is 420 g/mol. The van der Waals surface area contributed by atoms with E-state index in [1.165, 1.54) is 21.9 Å². The van der Waals surface area contributed by atoms with Crippen LogP contribution in [0.1, 0.15) is 22.6 Å². The van der Waals surface area contributed by atoms with Crippen molar-refractivity contribution in [3.05, 3.63) is 120 Å². The van der Waals surface area contributed by atoms with Crippen molar-refractivity contribution < 1.29 is 9.15 Å². The number of aromatic nitrogens is 1. The summed E-state index contributed by atoms with van der Waals surface area (Å²) in [5.74, 6) is 2.37. The van der Waals surface area contributed by atoms with E-state index >= 15 is 0 Å². The van der Waals surface area contributed by atoms with Crippen LogP contribution in [-0.4, -0.2) is 11.6 Å². The van der Waals surface area contributed by atoms with E-state index in [4.69, 9.17) is 9.15 Å². The highest BCUT2D eigenvalue weighted by atomic mass is 16.5. The Morgan fingerprint density at radius 1 is 0.824 bits per heavy atom. The minimum absolute atomic E-state index is 0.550. The van der Waals surface area contributed by atoms with Gasteiger partial charge in [-0.2, -0.15) is 0 Å². The monoisotopic (exact) mass is 448 g/mol. The Morgan fingerprint density at radius 2 is 1.62 bits per heavy atom. The molecule has 1 heterocycles. The molecule has 0 aliphatic carbocycles. The van der Waals surface area contributed by atoms with E-state index < -0.39 is 0 Å². The molecule has 0 atom stereocenters. The van der Waals surface area contributed by atoms with Crippen molar-refractivity contribution in [3.8, 4) is 17.2 Å². The maximum Gasteiger partial charge on any atom is 0.226 e. The number of hydrogen-bond donors (Lipinski definition) is 1. The van der Waals surface area contributed by atoms with Crippen LogP contribution in [0.2, 0.25) is 0 Å². The Morgan fingerprint density at radius 3 is 2.53 bits per heavy atom. The second-order valence-electron chi connectivity index (χ2n) is 8.38. The summed E-state index contributed by atoms with van der Waals surface area (Å²) in [7, 11) is 0. The number of hydrogen-bond acceptors (Lipinski definition) is 4. The number of fused-ring (bicyclic) bond motifs is 1. The van der Waals surface area contributed by atoms with Gasteiger partial charge in [0.25, 0.3) is 0 Å². The Bertz CT molecular complexity index is 1370. The molecule has 0 saturated heterocycles. The fourth-order valence-electron chi connectivity index (χ4n) is 4.16. The lowest BCUT2D eigenvalue weighted by atomic mass is 10.0. The molecule has 0 saturated carbocycles. The van der Waals surface area contributed by atoms with Crippen LogP contribution in [0.25, 0.3) is 22.2 Å². The molecule has 170 valence electrons. The van der Waals surface area contributed by atoms with Gasteiger partial charge in [0.2, 0.25) is 5.89 Å². The first-order valence-corrected chi connectivity index (χ1v) is 11.7. The van der Waals surface area contributed by atoms with Crippen LogP contribution in [-0.2, 0) is 19.5 Å². The van der Waals surface area contributed by atoms with Gasteiger partial charge in [0.1, 0.15) is 11.5 Å². The fraction of sp³-hybridized carbons (Fsp3) is 0.167. The second-order valence-corrected chi connectivity index (χ2v) is 8.38. The standard InChI is InChI=1S/C30H28N2O2/c1-22-29(32-30(34-22)25-11-3-2-4-12-25)17-18-33-27-15-7-9-23(19-27)20-31-21-26-14-8-13-24-10-5-6-16-28(24)26/h2-16,19,31H,17-18,20-21H2,1H3. The maximum atomic E-state index is 6.03. The molecular formula is C30H28N2O2. The van der Waals surface area contributed by atoms with Gasteiger partial charge in [0.05, 0.1) is 12.3 Å². The number of benzene rings is 4. The van der Waals surface area contributed by atoms with Crippen LogP contribution in [0.5, 0.6) is 5.75 Å². The predicted molar refractivity (Wildman–Crippen MR) is 137 cm³/mol. The van der Waals surface area contributed by atoms with E-state index in [1.54, 1.807) is 0 Å². The van der Waals surface area contributed by atoms with E-state index in [1.807, 2.05) is 49.4 Å². The fourth-order valence-corrected chi connectivity index (χ4v) is 4.16. The highest BCUT2D eigenvalue weighted by molar-refractivity contribution is 5.85. The normalized spacial score (nSPS) is 11.1. The average Bonchev–Trinajstić information content (AvgIpc) is 3.25. The third kappa shape index (κ3) is 5.19. The van der Waals surface area contributed by atoms with Gasteiger partial charge in [-0.05, 0) is 53.1 Å². The molecule has 0 amide bonds. The summed E-state index contributed by atoms with van der Waals surface area (Å²) in [5.41, 5.74) is 4.43. The molecule has 5 rings (SSSR count). The van der Waals surface area contributed by atoms with Crippen molar-refractivity contribution in [1.82, 2.24) is 10.3 Å². The summed E-state index contributed by atoms with van der Waals surface area (Å²) in [6, 6.07) is 33.2. The van der Waals surface area contributed by atoms with E-state index in [2.05, 4.69) is 64.9 Å². The van der Waals surface area contributed by atoms with Crippen LogP contribution >= 0.6 is 0 Å². The molecule has 4 heteroatoms. The lowest BCUT2D eigenvalue weighted by Crippen LogP contribution is -2.13.